The predicted octanol–water partition coefficient (Wildman–Crippen LogP) is 4.64. The van der Waals surface area contributed by atoms with Crippen LogP contribution in [-0.2, 0) is 21.5 Å². The number of likely N-dealkylation sites (tertiary alicyclic amines) is 1. The summed E-state index contributed by atoms with van der Waals surface area (Å²) in [5.41, 5.74) is -1.01. The van der Waals surface area contributed by atoms with E-state index in [1.807, 2.05) is 13.8 Å². The molecule has 1 unspecified atom stereocenters. The highest BCUT2D eigenvalue weighted by Crippen LogP contribution is 2.32. The maximum Gasteiger partial charge on any atom is 0.433 e. The molecule has 0 radical (unpaired) electrons. The molecule has 8 nitrogen and oxygen atoms in total. The first-order valence-electron chi connectivity index (χ1n) is 11.5. The quantitative estimate of drug-likeness (QED) is 0.272. The van der Waals surface area contributed by atoms with Gasteiger partial charge in [-0.3, -0.25) is 9.59 Å². The van der Waals surface area contributed by atoms with Crippen molar-refractivity contribution < 1.29 is 31.9 Å². The molecule has 3 rings (SSSR count). The normalized spacial score (nSPS) is 16.3. The van der Waals surface area contributed by atoms with Gasteiger partial charge in [-0.25, -0.2) is 9.97 Å². The Balaban J connectivity index is 1.69. The summed E-state index contributed by atoms with van der Waals surface area (Å²) in [5, 5.41) is -0.0284. The van der Waals surface area contributed by atoms with Gasteiger partial charge in [0.15, 0.2) is 16.6 Å². The lowest BCUT2D eigenvalue weighted by Crippen LogP contribution is -2.42. The molecule has 2 aromatic heterocycles. The number of alkyl halides is 3. The molecule has 0 bridgehead atoms. The molecule has 0 aliphatic carbocycles. The minimum atomic E-state index is -4.60. The van der Waals surface area contributed by atoms with Gasteiger partial charge in [0, 0.05) is 32.2 Å². The van der Waals surface area contributed by atoms with E-state index in [-0.39, 0.29) is 53.4 Å². The van der Waals surface area contributed by atoms with Crippen molar-refractivity contribution in [2.75, 3.05) is 37.7 Å². The molecular weight excluding hydrogens is 485 g/mol. The molecule has 1 amide bonds. The van der Waals surface area contributed by atoms with Gasteiger partial charge in [-0.15, -0.1) is 0 Å². The maximum atomic E-state index is 13.4. The first-order valence-corrected chi connectivity index (χ1v) is 12.5. The fourth-order valence-electron chi connectivity index (χ4n) is 3.81. The number of nitrogens with zero attached hydrogens (tertiary/aromatic N) is 4. The third-order valence-corrected chi connectivity index (χ3v) is 6.48. The molecule has 0 N–H and O–H groups in total. The van der Waals surface area contributed by atoms with Crippen LogP contribution >= 0.6 is 11.8 Å². The second kappa shape index (κ2) is 11.8. The molecule has 1 atom stereocenters. The predicted molar refractivity (Wildman–Crippen MR) is 124 cm³/mol. The number of furan rings is 1. The number of halogens is 3. The number of anilines is 1. The number of carbonyl (C=O) groups is 2. The highest BCUT2D eigenvalue weighted by atomic mass is 32.2. The van der Waals surface area contributed by atoms with Crippen molar-refractivity contribution in [2.45, 2.75) is 50.7 Å². The number of rotatable bonds is 9. The van der Waals surface area contributed by atoms with E-state index in [4.69, 9.17) is 9.15 Å². The highest BCUT2D eigenvalue weighted by Gasteiger charge is 2.34. The zero-order chi connectivity index (χ0) is 25.6. The van der Waals surface area contributed by atoms with Crippen molar-refractivity contribution in [3.63, 3.8) is 0 Å². The van der Waals surface area contributed by atoms with Crippen LogP contribution in [0.4, 0.5) is 19.0 Å². The largest absolute Gasteiger partial charge is 0.466 e. The SMILES string of the molecule is CCOC(=O)C1CCCN(C(=O)c2ccc(CSc3nc(N(CC)CC)cc(C(F)(F)F)n3)o2)C1. The highest BCUT2D eigenvalue weighted by molar-refractivity contribution is 7.98. The van der Waals surface area contributed by atoms with Crippen molar-refractivity contribution in [1.82, 2.24) is 14.9 Å². The summed E-state index contributed by atoms with van der Waals surface area (Å²) in [5.74, 6) is -0.146. The Bertz CT molecular complexity index is 1030. The summed E-state index contributed by atoms with van der Waals surface area (Å²) in [6, 6.07) is 4.08. The Morgan fingerprint density at radius 2 is 1.97 bits per heavy atom. The fourth-order valence-corrected chi connectivity index (χ4v) is 4.56. The van der Waals surface area contributed by atoms with Crippen LogP contribution in [-0.4, -0.2) is 59.5 Å². The Kier molecular flexibility index (Phi) is 9.03. The Labute approximate surface area is 206 Å². The summed E-state index contributed by atoms with van der Waals surface area (Å²) in [6.45, 7) is 7.47. The van der Waals surface area contributed by atoms with Gasteiger partial charge in [0.2, 0.25) is 0 Å². The zero-order valence-electron chi connectivity index (χ0n) is 19.9. The number of ether oxygens (including phenoxy) is 1. The minimum absolute atomic E-state index is 0.0284. The maximum absolute atomic E-state index is 13.4. The van der Waals surface area contributed by atoms with Crippen LogP contribution < -0.4 is 4.90 Å². The van der Waals surface area contributed by atoms with Crippen LogP contribution in [0.25, 0.3) is 0 Å². The number of esters is 1. The standard InChI is InChI=1S/C23H29F3N4O4S/c1-4-29(5-2)19-12-18(23(24,25)26)27-22(28-19)35-14-16-9-10-17(34-16)20(31)30-11-7-8-15(13-30)21(32)33-6-3/h9-10,12,15H,4-8,11,13-14H2,1-3H3. The third-order valence-electron chi connectivity index (χ3n) is 5.61. The number of amides is 1. The summed E-state index contributed by atoms with van der Waals surface area (Å²) < 4.78 is 50.8. The first-order chi connectivity index (χ1) is 16.7. The molecule has 0 spiro atoms. The van der Waals surface area contributed by atoms with Gasteiger partial charge in [-0.05, 0) is 45.7 Å². The molecular formula is C23H29F3N4O4S. The molecule has 0 saturated carbocycles. The van der Waals surface area contributed by atoms with E-state index in [0.717, 1.165) is 17.8 Å². The summed E-state index contributed by atoms with van der Waals surface area (Å²) in [4.78, 5) is 36.1. The number of piperidine rings is 1. The number of hydrogen-bond acceptors (Lipinski definition) is 8. The average Bonchev–Trinajstić information content (AvgIpc) is 3.32. The van der Waals surface area contributed by atoms with Crippen molar-refractivity contribution in [3.05, 3.63) is 35.4 Å². The van der Waals surface area contributed by atoms with E-state index in [1.54, 1.807) is 22.8 Å². The second-order valence-electron chi connectivity index (χ2n) is 7.96. The van der Waals surface area contributed by atoms with E-state index < -0.39 is 11.9 Å². The molecule has 3 heterocycles. The molecule has 1 aliphatic rings. The van der Waals surface area contributed by atoms with Crippen molar-refractivity contribution in [3.8, 4) is 0 Å². The van der Waals surface area contributed by atoms with Crippen molar-refractivity contribution >= 4 is 29.5 Å². The van der Waals surface area contributed by atoms with Crippen LogP contribution in [0.2, 0.25) is 0 Å². The smallest absolute Gasteiger partial charge is 0.433 e. The van der Waals surface area contributed by atoms with E-state index in [1.165, 1.54) is 6.07 Å². The molecule has 12 heteroatoms. The van der Waals surface area contributed by atoms with Crippen LogP contribution in [0.1, 0.15) is 55.6 Å². The van der Waals surface area contributed by atoms with Gasteiger partial charge in [0.1, 0.15) is 11.6 Å². The molecule has 1 fully saturated rings. The minimum Gasteiger partial charge on any atom is -0.466 e. The molecule has 0 aromatic carbocycles. The molecule has 1 saturated heterocycles. The Hall–Kier alpha value is -2.76. The number of carbonyl (C=O) groups excluding carboxylic acids is 2. The Morgan fingerprint density at radius 3 is 2.63 bits per heavy atom. The van der Waals surface area contributed by atoms with Crippen LogP contribution in [0.3, 0.4) is 0 Å². The third kappa shape index (κ3) is 6.89. The average molecular weight is 515 g/mol. The lowest BCUT2D eigenvalue weighted by molar-refractivity contribution is -0.149. The molecule has 35 heavy (non-hydrogen) atoms. The van der Waals surface area contributed by atoms with E-state index in [0.29, 0.717) is 38.2 Å². The van der Waals surface area contributed by atoms with E-state index >= 15 is 0 Å². The first kappa shape index (κ1) is 26.8. The number of aromatic nitrogens is 2. The summed E-state index contributed by atoms with van der Waals surface area (Å²) >= 11 is 0.998. The van der Waals surface area contributed by atoms with Crippen LogP contribution in [0.15, 0.2) is 27.8 Å². The fraction of sp³-hybridized carbons (Fsp3) is 0.565. The van der Waals surface area contributed by atoms with Gasteiger partial charge in [-0.2, -0.15) is 13.2 Å². The second-order valence-corrected chi connectivity index (χ2v) is 8.90. The van der Waals surface area contributed by atoms with Crippen molar-refractivity contribution in [1.29, 1.82) is 0 Å². The van der Waals surface area contributed by atoms with E-state index in [2.05, 4.69) is 9.97 Å². The van der Waals surface area contributed by atoms with Crippen LogP contribution in [0, 0.1) is 5.92 Å². The summed E-state index contributed by atoms with van der Waals surface area (Å²) in [7, 11) is 0. The van der Waals surface area contributed by atoms with Gasteiger partial charge >= 0.3 is 12.1 Å². The number of hydrogen-bond donors (Lipinski definition) is 0. The Morgan fingerprint density at radius 1 is 1.23 bits per heavy atom. The monoisotopic (exact) mass is 514 g/mol. The van der Waals surface area contributed by atoms with Gasteiger partial charge in [0.25, 0.3) is 5.91 Å². The van der Waals surface area contributed by atoms with Gasteiger partial charge < -0.3 is 19.0 Å². The van der Waals surface area contributed by atoms with Gasteiger partial charge in [-0.1, -0.05) is 11.8 Å². The van der Waals surface area contributed by atoms with Crippen molar-refractivity contribution in [2.24, 2.45) is 5.92 Å². The zero-order valence-corrected chi connectivity index (χ0v) is 20.7. The van der Waals surface area contributed by atoms with Gasteiger partial charge in [0.05, 0.1) is 18.3 Å². The summed E-state index contributed by atoms with van der Waals surface area (Å²) in [6.07, 6.45) is -3.25. The molecule has 2 aromatic rings. The topological polar surface area (TPSA) is 88.8 Å². The lowest BCUT2D eigenvalue weighted by Gasteiger charge is -2.30. The molecule has 192 valence electrons. The number of thioether (sulfide) groups is 1. The van der Waals surface area contributed by atoms with E-state index in [9.17, 15) is 22.8 Å². The lowest BCUT2D eigenvalue weighted by atomic mass is 9.98. The van der Waals surface area contributed by atoms with Crippen LogP contribution in [0.5, 0.6) is 0 Å². The molecule has 1 aliphatic heterocycles.